The van der Waals surface area contributed by atoms with Crippen LogP contribution in [0, 0.1) is 6.92 Å². The van der Waals surface area contributed by atoms with Crippen LogP contribution in [-0.2, 0) is 0 Å². The Morgan fingerprint density at radius 2 is 1.81 bits per heavy atom. The van der Waals surface area contributed by atoms with Crippen LogP contribution in [0.2, 0.25) is 0 Å². The van der Waals surface area contributed by atoms with Crippen molar-refractivity contribution in [3.63, 3.8) is 0 Å². The summed E-state index contributed by atoms with van der Waals surface area (Å²) in [6.07, 6.45) is 0.876. The fourth-order valence-electron chi connectivity index (χ4n) is 3.88. The number of aromatic hydroxyl groups is 1. The summed E-state index contributed by atoms with van der Waals surface area (Å²) in [5, 5.41) is 14.1. The molecule has 132 valence electrons. The van der Waals surface area contributed by atoms with E-state index in [1.165, 1.54) is 11.1 Å². The van der Waals surface area contributed by atoms with Crippen LogP contribution in [0.25, 0.3) is 0 Å². The maximum Gasteiger partial charge on any atom is 0.119 e. The van der Waals surface area contributed by atoms with Crippen LogP contribution >= 0.6 is 0 Å². The summed E-state index contributed by atoms with van der Waals surface area (Å²) in [4.78, 5) is 0. The molecular formula is C23H23NO2. The molecule has 3 aromatic carbocycles. The molecule has 1 heterocycles. The second-order valence-electron chi connectivity index (χ2n) is 6.91. The molecule has 2 atom stereocenters. The highest BCUT2D eigenvalue weighted by molar-refractivity contribution is 5.62. The first-order chi connectivity index (χ1) is 12.7. The van der Waals surface area contributed by atoms with Crippen LogP contribution in [0.1, 0.15) is 40.6 Å². The summed E-state index contributed by atoms with van der Waals surface area (Å²) in [6.45, 7) is 2.12. The van der Waals surface area contributed by atoms with Crippen molar-refractivity contribution < 1.29 is 9.84 Å². The van der Waals surface area contributed by atoms with E-state index >= 15 is 0 Å². The summed E-state index contributed by atoms with van der Waals surface area (Å²) >= 11 is 0. The Hall–Kier alpha value is -2.94. The molecule has 1 aliphatic rings. The Bertz CT molecular complexity index is 935. The number of phenolic OH excluding ortho intramolecular Hbond substituents is 1. The standard InChI is InChI=1S/C23H23NO2/c1-15-6-5-7-16(12-15)22-14-19(18-8-3-4-9-23(18)25)20-13-17(26-2)10-11-21(20)24-22/h3-13,19,22,24-25H,14H2,1-2H3/t19-,22+/m1/s1. The number of para-hydroxylation sites is 1. The van der Waals surface area contributed by atoms with Crippen molar-refractivity contribution in [1.82, 2.24) is 0 Å². The average molecular weight is 345 g/mol. The lowest BCUT2D eigenvalue weighted by Crippen LogP contribution is -2.22. The minimum Gasteiger partial charge on any atom is -0.508 e. The van der Waals surface area contributed by atoms with Gasteiger partial charge in [-0.15, -0.1) is 0 Å². The average Bonchev–Trinajstić information content (AvgIpc) is 2.67. The van der Waals surface area contributed by atoms with Gasteiger partial charge in [-0.25, -0.2) is 0 Å². The van der Waals surface area contributed by atoms with Crippen LogP contribution in [-0.4, -0.2) is 12.2 Å². The Morgan fingerprint density at radius 3 is 2.58 bits per heavy atom. The van der Waals surface area contributed by atoms with E-state index in [-0.39, 0.29) is 12.0 Å². The number of nitrogens with one attached hydrogen (secondary N) is 1. The zero-order chi connectivity index (χ0) is 18.1. The molecule has 0 aliphatic carbocycles. The first-order valence-corrected chi connectivity index (χ1v) is 8.94. The van der Waals surface area contributed by atoms with Gasteiger partial charge >= 0.3 is 0 Å². The molecule has 3 aromatic rings. The van der Waals surface area contributed by atoms with Gasteiger partial charge in [-0.1, -0.05) is 48.0 Å². The Balaban J connectivity index is 1.82. The smallest absolute Gasteiger partial charge is 0.119 e. The maximum absolute atomic E-state index is 10.5. The van der Waals surface area contributed by atoms with Gasteiger partial charge < -0.3 is 15.2 Å². The summed E-state index contributed by atoms with van der Waals surface area (Å²) in [6, 6.07) is 22.6. The molecule has 2 N–H and O–H groups in total. The molecule has 0 bridgehead atoms. The molecule has 4 rings (SSSR count). The quantitative estimate of drug-likeness (QED) is 0.668. The highest BCUT2D eigenvalue weighted by Gasteiger charge is 2.30. The van der Waals surface area contributed by atoms with Crippen molar-refractivity contribution in [1.29, 1.82) is 0 Å². The number of ether oxygens (including phenoxy) is 1. The third kappa shape index (κ3) is 3.01. The Kier molecular flexibility index (Phi) is 4.29. The van der Waals surface area contributed by atoms with Crippen molar-refractivity contribution in [2.75, 3.05) is 12.4 Å². The summed E-state index contributed by atoms with van der Waals surface area (Å²) in [5.74, 6) is 1.28. The molecule has 3 heteroatoms. The molecule has 1 aliphatic heterocycles. The van der Waals surface area contributed by atoms with E-state index in [0.717, 1.165) is 29.0 Å². The molecule has 0 saturated carbocycles. The monoisotopic (exact) mass is 345 g/mol. The summed E-state index contributed by atoms with van der Waals surface area (Å²) in [5.41, 5.74) is 5.74. The van der Waals surface area contributed by atoms with Gasteiger partial charge in [0.05, 0.1) is 13.2 Å². The summed E-state index contributed by atoms with van der Waals surface area (Å²) < 4.78 is 5.43. The van der Waals surface area contributed by atoms with E-state index in [0.29, 0.717) is 5.75 Å². The lowest BCUT2D eigenvalue weighted by atomic mass is 9.79. The second kappa shape index (κ2) is 6.75. The third-order valence-electron chi connectivity index (χ3n) is 5.19. The van der Waals surface area contributed by atoms with E-state index < -0.39 is 0 Å². The number of methoxy groups -OCH3 is 1. The zero-order valence-corrected chi connectivity index (χ0v) is 15.1. The number of rotatable bonds is 3. The number of aryl methyl sites for hydroxylation is 1. The highest BCUT2D eigenvalue weighted by atomic mass is 16.5. The molecule has 0 saturated heterocycles. The van der Waals surface area contributed by atoms with Crippen LogP contribution < -0.4 is 10.1 Å². The molecule has 0 amide bonds. The van der Waals surface area contributed by atoms with E-state index in [1.54, 1.807) is 13.2 Å². The van der Waals surface area contributed by atoms with Gasteiger partial charge in [0.2, 0.25) is 0 Å². The van der Waals surface area contributed by atoms with Gasteiger partial charge in [0.1, 0.15) is 11.5 Å². The molecule has 0 fully saturated rings. The lowest BCUT2D eigenvalue weighted by molar-refractivity contribution is 0.413. The van der Waals surface area contributed by atoms with E-state index in [1.807, 2.05) is 24.3 Å². The van der Waals surface area contributed by atoms with Gasteiger partial charge in [0.25, 0.3) is 0 Å². The van der Waals surface area contributed by atoms with Crippen LogP contribution in [0.15, 0.2) is 66.7 Å². The first-order valence-electron chi connectivity index (χ1n) is 8.94. The van der Waals surface area contributed by atoms with Crippen molar-refractivity contribution in [2.24, 2.45) is 0 Å². The zero-order valence-electron chi connectivity index (χ0n) is 15.1. The molecular weight excluding hydrogens is 322 g/mol. The van der Waals surface area contributed by atoms with Crippen molar-refractivity contribution >= 4 is 5.69 Å². The summed E-state index contributed by atoms with van der Waals surface area (Å²) in [7, 11) is 1.68. The predicted molar refractivity (Wildman–Crippen MR) is 105 cm³/mol. The minimum absolute atomic E-state index is 0.105. The normalized spacial score (nSPS) is 18.7. The van der Waals surface area contributed by atoms with Gasteiger partial charge in [-0.2, -0.15) is 0 Å². The number of hydrogen-bond acceptors (Lipinski definition) is 3. The fraction of sp³-hybridized carbons (Fsp3) is 0.217. The topological polar surface area (TPSA) is 41.5 Å². The number of fused-ring (bicyclic) bond motifs is 1. The maximum atomic E-state index is 10.5. The van der Waals surface area contributed by atoms with E-state index in [9.17, 15) is 5.11 Å². The molecule has 0 unspecified atom stereocenters. The Labute approximate surface area is 154 Å². The molecule has 3 nitrogen and oxygen atoms in total. The first kappa shape index (κ1) is 16.5. The molecule has 26 heavy (non-hydrogen) atoms. The predicted octanol–water partition coefficient (Wildman–Crippen LogP) is 5.40. The van der Waals surface area contributed by atoms with Crippen molar-refractivity contribution in [2.45, 2.75) is 25.3 Å². The number of phenols is 1. The van der Waals surface area contributed by atoms with Crippen LogP contribution in [0.3, 0.4) is 0 Å². The lowest BCUT2D eigenvalue weighted by Gasteiger charge is -2.34. The number of anilines is 1. The van der Waals surface area contributed by atoms with E-state index in [4.69, 9.17) is 4.74 Å². The van der Waals surface area contributed by atoms with E-state index in [2.05, 4.69) is 48.6 Å². The van der Waals surface area contributed by atoms with Gasteiger partial charge in [-0.05, 0) is 48.7 Å². The number of hydrogen-bond donors (Lipinski definition) is 2. The SMILES string of the molecule is COc1ccc2c(c1)[C@@H](c1ccccc1O)C[C@@H](c1cccc(C)c1)N2. The second-order valence-corrected chi connectivity index (χ2v) is 6.91. The third-order valence-corrected chi connectivity index (χ3v) is 5.19. The van der Waals surface area contributed by atoms with Crippen LogP contribution in [0.4, 0.5) is 5.69 Å². The van der Waals surface area contributed by atoms with Gasteiger partial charge in [0, 0.05) is 17.2 Å². The fourth-order valence-corrected chi connectivity index (χ4v) is 3.88. The van der Waals surface area contributed by atoms with Gasteiger partial charge in [-0.3, -0.25) is 0 Å². The Morgan fingerprint density at radius 1 is 0.962 bits per heavy atom. The van der Waals surface area contributed by atoms with Crippen LogP contribution in [0.5, 0.6) is 11.5 Å². The highest BCUT2D eigenvalue weighted by Crippen LogP contribution is 2.46. The van der Waals surface area contributed by atoms with Gasteiger partial charge in [0.15, 0.2) is 0 Å². The largest absolute Gasteiger partial charge is 0.508 e. The minimum atomic E-state index is 0.105. The molecule has 0 spiro atoms. The number of benzene rings is 3. The van der Waals surface area contributed by atoms with Crippen molar-refractivity contribution in [3.8, 4) is 11.5 Å². The van der Waals surface area contributed by atoms with Crippen molar-refractivity contribution in [3.05, 3.63) is 89.0 Å². The molecule has 0 aromatic heterocycles. The molecule has 0 radical (unpaired) electrons.